The highest BCUT2D eigenvalue weighted by Gasteiger charge is 2.15. The van der Waals surface area contributed by atoms with Gasteiger partial charge in [-0.05, 0) is 81.3 Å². The van der Waals surface area contributed by atoms with Gasteiger partial charge in [0.05, 0.1) is 0 Å². The van der Waals surface area contributed by atoms with Crippen LogP contribution in [0.2, 0.25) is 0 Å². The van der Waals surface area contributed by atoms with Gasteiger partial charge in [0.1, 0.15) is 0 Å². The van der Waals surface area contributed by atoms with Crippen LogP contribution in [0.15, 0.2) is 12.1 Å². The van der Waals surface area contributed by atoms with E-state index >= 15 is 0 Å². The minimum absolute atomic E-state index is 0.842. The zero-order valence-electron chi connectivity index (χ0n) is 10.8. The standard InChI is InChI=1S/C15H23N/c1-11-6-7-15(13(3)12(11)2)9-14-5-4-8-16-10-14/h6-7,14,16H,4-5,8-10H2,1-3H3. The normalized spacial score (nSPS) is 21.1. The molecule has 88 valence electrons. The Bertz CT molecular complexity index is 362. The van der Waals surface area contributed by atoms with Crippen LogP contribution in [-0.4, -0.2) is 13.1 Å². The first-order valence-electron chi connectivity index (χ1n) is 6.45. The minimum Gasteiger partial charge on any atom is -0.316 e. The predicted molar refractivity (Wildman–Crippen MR) is 70.0 cm³/mol. The lowest BCUT2D eigenvalue weighted by molar-refractivity contribution is 0.375. The largest absolute Gasteiger partial charge is 0.316 e. The second-order valence-corrected chi connectivity index (χ2v) is 5.21. The van der Waals surface area contributed by atoms with Gasteiger partial charge >= 0.3 is 0 Å². The maximum Gasteiger partial charge on any atom is -0.00173 e. The molecule has 0 radical (unpaired) electrons. The van der Waals surface area contributed by atoms with Crippen molar-refractivity contribution in [2.45, 2.75) is 40.0 Å². The first kappa shape index (κ1) is 11.7. The van der Waals surface area contributed by atoms with Gasteiger partial charge in [0, 0.05) is 0 Å². The van der Waals surface area contributed by atoms with Crippen molar-refractivity contribution < 1.29 is 0 Å². The Balaban J connectivity index is 2.11. The van der Waals surface area contributed by atoms with Crippen molar-refractivity contribution >= 4 is 0 Å². The summed E-state index contributed by atoms with van der Waals surface area (Å²) in [6.07, 6.45) is 3.98. The molecule has 1 heteroatoms. The van der Waals surface area contributed by atoms with Crippen LogP contribution >= 0.6 is 0 Å². The molecule has 0 amide bonds. The summed E-state index contributed by atoms with van der Waals surface area (Å²) in [6.45, 7) is 9.13. The third-order valence-electron chi connectivity index (χ3n) is 4.08. The van der Waals surface area contributed by atoms with Crippen molar-refractivity contribution in [3.05, 3.63) is 34.4 Å². The predicted octanol–water partition coefficient (Wildman–Crippen LogP) is 3.15. The molecule has 0 aliphatic carbocycles. The van der Waals surface area contributed by atoms with Crippen LogP contribution in [0.4, 0.5) is 0 Å². The number of hydrogen-bond acceptors (Lipinski definition) is 1. The minimum atomic E-state index is 0.842. The Kier molecular flexibility index (Phi) is 3.65. The summed E-state index contributed by atoms with van der Waals surface area (Å²) in [5.41, 5.74) is 5.95. The summed E-state index contributed by atoms with van der Waals surface area (Å²) in [5, 5.41) is 3.50. The molecule has 0 saturated carbocycles. The van der Waals surface area contributed by atoms with Crippen molar-refractivity contribution in [2.75, 3.05) is 13.1 Å². The summed E-state index contributed by atoms with van der Waals surface area (Å²) >= 11 is 0. The first-order valence-corrected chi connectivity index (χ1v) is 6.45. The third kappa shape index (κ3) is 2.46. The molecule has 1 saturated heterocycles. The fourth-order valence-electron chi connectivity index (χ4n) is 2.64. The molecule has 16 heavy (non-hydrogen) atoms. The van der Waals surface area contributed by atoms with Gasteiger partial charge in [-0.15, -0.1) is 0 Å². The SMILES string of the molecule is Cc1ccc(CC2CCCNC2)c(C)c1C. The molecule has 0 spiro atoms. The lowest BCUT2D eigenvalue weighted by Gasteiger charge is -2.24. The van der Waals surface area contributed by atoms with Crippen molar-refractivity contribution in [3.8, 4) is 0 Å². The van der Waals surface area contributed by atoms with Crippen LogP contribution in [0.1, 0.15) is 35.1 Å². The molecule has 1 unspecified atom stereocenters. The highest BCUT2D eigenvalue weighted by molar-refractivity contribution is 5.38. The van der Waals surface area contributed by atoms with Crippen LogP contribution in [-0.2, 0) is 6.42 Å². The summed E-state index contributed by atoms with van der Waals surface area (Å²) in [7, 11) is 0. The molecule has 2 rings (SSSR count). The van der Waals surface area contributed by atoms with Gasteiger partial charge in [0.15, 0.2) is 0 Å². The molecular weight excluding hydrogens is 194 g/mol. The first-order chi connectivity index (χ1) is 7.68. The van der Waals surface area contributed by atoms with E-state index in [2.05, 4.69) is 38.2 Å². The van der Waals surface area contributed by atoms with Crippen LogP contribution in [0, 0.1) is 26.7 Å². The van der Waals surface area contributed by atoms with E-state index in [1.54, 1.807) is 5.56 Å². The fraction of sp³-hybridized carbons (Fsp3) is 0.600. The number of piperidine rings is 1. The molecule has 0 aromatic heterocycles. The molecule has 0 bridgehead atoms. The maximum atomic E-state index is 3.50. The van der Waals surface area contributed by atoms with Crippen molar-refractivity contribution in [1.29, 1.82) is 0 Å². The Morgan fingerprint density at radius 3 is 2.69 bits per heavy atom. The van der Waals surface area contributed by atoms with Crippen LogP contribution in [0.3, 0.4) is 0 Å². The Morgan fingerprint density at radius 1 is 1.19 bits per heavy atom. The molecule has 1 atom stereocenters. The van der Waals surface area contributed by atoms with Gasteiger partial charge in [0.25, 0.3) is 0 Å². The second kappa shape index (κ2) is 5.01. The number of aryl methyl sites for hydroxylation is 1. The van der Waals surface area contributed by atoms with Gasteiger partial charge in [-0.3, -0.25) is 0 Å². The summed E-state index contributed by atoms with van der Waals surface area (Å²) in [6, 6.07) is 4.60. The average Bonchev–Trinajstić information content (AvgIpc) is 2.31. The fourth-order valence-corrected chi connectivity index (χ4v) is 2.64. The molecule has 1 aromatic carbocycles. The van der Waals surface area contributed by atoms with Gasteiger partial charge in [0.2, 0.25) is 0 Å². The highest BCUT2D eigenvalue weighted by Crippen LogP contribution is 2.22. The van der Waals surface area contributed by atoms with E-state index in [4.69, 9.17) is 0 Å². The molecular formula is C15H23N. The number of hydrogen-bond donors (Lipinski definition) is 1. The average molecular weight is 217 g/mol. The number of rotatable bonds is 2. The lowest BCUT2D eigenvalue weighted by Crippen LogP contribution is -2.31. The number of nitrogens with one attached hydrogen (secondary N) is 1. The molecule has 1 heterocycles. The second-order valence-electron chi connectivity index (χ2n) is 5.21. The molecule has 1 fully saturated rings. The van der Waals surface area contributed by atoms with E-state index < -0.39 is 0 Å². The van der Waals surface area contributed by atoms with Gasteiger partial charge in [-0.1, -0.05) is 12.1 Å². The Labute approximate surface area is 99.3 Å². The quantitative estimate of drug-likeness (QED) is 0.802. The summed E-state index contributed by atoms with van der Waals surface area (Å²) < 4.78 is 0. The van der Waals surface area contributed by atoms with Crippen molar-refractivity contribution in [2.24, 2.45) is 5.92 Å². The summed E-state index contributed by atoms with van der Waals surface area (Å²) in [5.74, 6) is 0.842. The monoisotopic (exact) mass is 217 g/mol. The maximum absolute atomic E-state index is 3.50. The van der Waals surface area contributed by atoms with Crippen molar-refractivity contribution in [3.63, 3.8) is 0 Å². The van der Waals surface area contributed by atoms with E-state index in [1.807, 2.05) is 0 Å². The lowest BCUT2D eigenvalue weighted by atomic mass is 9.88. The molecule has 1 aliphatic heterocycles. The molecule has 1 nitrogen and oxygen atoms in total. The highest BCUT2D eigenvalue weighted by atomic mass is 14.9. The third-order valence-corrected chi connectivity index (χ3v) is 4.08. The zero-order valence-corrected chi connectivity index (χ0v) is 10.8. The molecule has 1 aliphatic rings. The Hall–Kier alpha value is -0.820. The molecule has 1 aromatic rings. The topological polar surface area (TPSA) is 12.0 Å². The van der Waals surface area contributed by atoms with Gasteiger partial charge in [-0.25, -0.2) is 0 Å². The summed E-state index contributed by atoms with van der Waals surface area (Å²) in [4.78, 5) is 0. The van der Waals surface area contributed by atoms with Crippen LogP contribution in [0.25, 0.3) is 0 Å². The van der Waals surface area contributed by atoms with E-state index in [1.165, 1.54) is 49.0 Å². The van der Waals surface area contributed by atoms with E-state index in [0.717, 1.165) is 5.92 Å². The van der Waals surface area contributed by atoms with Crippen LogP contribution < -0.4 is 5.32 Å². The van der Waals surface area contributed by atoms with Crippen LogP contribution in [0.5, 0.6) is 0 Å². The van der Waals surface area contributed by atoms with Gasteiger partial charge < -0.3 is 5.32 Å². The smallest absolute Gasteiger partial charge is 0.00173 e. The van der Waals surface area contributed by atoms with E-state index in [9.17, 15) is 0 Å². The van der Waals surface area contributed by atoms with E-state index in [-0.39, 0.29) is 0 Å². The number of benzene rings is 1. The van der Waals surface area contributed by atoms with Crippen molar-refractivity contribution in [1.82, 2.24) is 5.32 Å². The zero-order chi connectivity index (χ0) is 11.5. The Morgan fingerprint density at radius 2 is 2.00 bits per heavy atom. The van der Waals surface area contributed by atoms with Gasteiger partial charge in [-0.2, -0.15) is 0 Å². The molecule has 1 N–H and O–H groups in total. The van der Waals surface area contributed by atoms with E-state index in [0.29, 0.717) is 0 Å².